The zero-order chi connectivity index (χ0) is 19.9. The minimum atomic E-state index is -0.832. The number of H-pyrrole nitrogens is 1. The van der Waals surface area contributed by atoms with E-state index in [1.165, 1.54) is 16.4 Å². The van der Waals surface area contributed by atoms with E-state index >= 15 is 0 Å². The van der Waals surface area contributed by atoms with Gasteiger partial charge in [0, 0.05) is 5.75 Å². The average Bonchev–Trinajstić information content (AvgIpc) is 3.15. The second kappa shape index (κ2) is 7.69. The first-order valence-corrected chi connectivity index (χ1v) is 10.3. The zero-order valence-corrected chi connectivity index (χ0v) is 17.0. The first-order valence-electron chi connectivity index (χ1n) is 8.90. The number of fused-ring (bicyclic) bond motifs is 1. The van der Waals surface area contributed by atoms with Crippen molar-refractivity contribution >= 4 is 24.0 Å². The molecule has 4 atom stereocenters. The summed E-state index contributed by atoms with van der Waals surface area (Å²) in [6.45, 7) is 3.32. The monoisotopic (exact) mass is 423 g/mol. The highest BCUT2D eigenvalue weighted by atomic mass is 32.2. The van der Waals surface area contributed by atoms with Gasteiger partial charge >= 0.3 is 5.69 Å². The number of thioether (sulfide) groups is 1. The van der Waals surface area contributed by atoms with Crippen molar-refractivity contribution in [3.05, 3.63) is 51.0 Å². The Hall–Kier alpha value is -1.56. The second-order valence-electron chi connectivity index (χ2n) is 7.10. The lowest BCUT2D eigenvalue weighted by molar-refractivity contribution is -0.202. The molecule has 1 aromatic heterocycles. The van der Waals surface area contributed by atoms with Gasteiger partial charge in [-0.3, -0.25) is 4.98 Å². The summed E-state index contributed by atoms with van der Waals surface area (Å²) in [5, 5.41) is 14.6. The summed E-state index contributed by atoms with van der Waals surface area (Å²) in [5.74, 6) is -0.173. The fraction of sp³-hybridized carbons (Fsp3) is 0.500. The summed E-state index contributed by atoms with van der Waals surface area (Å²) in [6.07, 6.45) is -2.47. The summed E-state index contributed by atoms with van der Waals surface area (Å²) >= 11 is 6.71. The van der Waals surface area contributed by atoms with Gasteiger partial charge in [-0.25, -0.2) is 4.79 Å². The van der Waals surface area contributed by atoms with Crippen LogP contribution in [-0.2, 0) is 20.0 Å². The predicted octanol–water partition coefficient (Wildman–Crippen LogP) is 2.00. The summed E-state index contributed by atoms with van der Waals surface area (Å²) < 4.78 is 19.1. The quantitative estimate of drug-likeness (QED) is 0.557. The zero-order valence-electron chi connectivity index (χ0n) is 15.4. The molecule has 2 aromatic rings. The first-order chi connectivity index (χ1) is 13.4. The van der Waals surface area contributed by atoms with E-state index in [9.17, 15) is 9.90 Å². The number of ether oxygens (including phenoxy) is 3. The topological polar surface area (TPSA) is 98.6 Å². The summed E-state index contributed by atoms with van der Waals surface area (Å²) in [6, 6.07) is 9.91. The van der Waals surface area contributed by atoms with Gasteiger partial charge in [-0.2, -0.15) is 9.78 Å². The molecule has 28 heavy (non-hydrogen) atoms. The molecule has 2 aliphatic heterocycles. The molecule has 4 rings (SSSR count). The van der Waals surface area contributed by atoms with Crippen molar-refractivity contribution in [2.24, 2.45) is 0 Å². The summed E-state index contributed by atoms with van der Waals surface area (Å²) in [5.41, 5.74) is 0.623. The van der Waals surface area contributed by atoms with Crippen molar-refractivity contribution in [1.82, 2.24) is 14.8 Å². The van der Waals surface area contributed by atoms with Crippen LogP contribution >= 0.6 is 24.0 Å². The second-order valence-corrected chi connectivity index (χ2v) is 8.47. The Morgan fingerprint density at radius 2 is 2.00 bits per heavy atom. The largest absolute Gasteiger partial charge is 0.394 e. The van der Waals surface area contributed by atoms with Crippen LogP contribution in [0.25, 0.3) is 0 Å². The molecular formula is C18H21N3O5S2. The normalized spacial score (nSPS) is 28.4. The third-order valence-corrected chi connectivity index (χ3v) is 6.05. The Kier molecular flexibility index (Phi) is 5.43. The van der Waals surface area contributed by atoms with Crippen LogP contribution in [-0.4, -0.2) is 50.6 Å². The van der Waals surface area contributed by atoms with Crippen LogP contribution in [0.2, 0.25) is 0 Å². The first kappa shape index (κ1) is 19.7. The molecule has 2 aliphatic rings. The van der Waals surface area contributed by atoms with Gasteiger partial charge < -0.3 is 19.3 Å². The lowest BCUT2D eigenvalue weighted by atomic mass is 10.1. The predicted molar refractivity (Wildman–Crippen MR) is 105 cm³/mol. The van der Waals surface area contributed by atoms with Crippen molar-refractivity contribution in [3.63, 3.8) is 0 Å². The summed E-state index contributed by atoms with van der Waals surface area (Å²) in [7, 11) is 0. The number of rotatable bonds is 5. The van der Waals surface area contributed by atoms with Crippen molar-refractivity contribution in [2.45, 2.75) is 55.0 Å². The van der Waals surface area contributed by atoms with E-state index < -0.39 is 36.0 Å². The van der Waals surface area contributed by atoms with Crippen LogP contribution < -0.4 is 5.69 Å². The van der Waals surface area contributed by atoms with E-state index in [4.69, 9.17) is 26.4 Å². The van der Waals surface area contributed by atoms with Gasteiger partial charge in [0.25, 0.3) is 0 Å². The van der Waals surface area contributed by atoms with Crippen molar-refractivity contribution in [2.75, 3.05) is 6.61 Å². The van der Waals surface area contributed by atoms with Gasteiger partial charge in [-0.05, 0) is 19.4 Å². The van der Waals surface area contributed by atoms with Gasteiger partial charge in [0.05, 0.1) is 6.61 Å². The molecule has 0 saturated carbocycles. The van der Waals surface area contributed by atoms with Crippen LogP contribution in [0.15, 0.2) is 40.2 Å². The van der Waals surface area contributed by atoms with Gasteiger partial charge in [0.2, 0.25) is 0 Å². The number of nitrogens with one attached hydrogen (secondary N) is 1. The molecule has 2 fully saturated rings. The fourth-order valence-electron chi connectivity index (χ4n) is 3.39. The van der Waals surface area contributed by atoms with Crippen LogP contribution in [0.5, 0.6) is 0 Å². The standard InChI is InChI=1S/C18H21N3O5S2/c1-18(2)25-12-11(8-22)24-16(13(12)26-18)21-17(23)19-14(27)15(20-21)28-9-10-6-4-3-5-7-10/h3-7,11-13,16,22H,8-9H2,1-2H3,(H,19,23,27). The van der Waals surface area contributed by atoms with Crippen LogP contribution in [0.1, 0.15) is 25.6 Å². The third kappa shape index (κ3) is 3.80. The molecule has 2 N–H and O–H groups in total. The van der Waals surface area contributed by atoms with Gasteiger partial charge in [-0.15, -0.1) is 0 Å². The summed E-state index contributed by atoms with van der Waals surface area (Å²) in [4.78, 5) is 15.2. The Balaban J connectivity index is 1.62. The van der Waals surface area contributed by atoms with Crippen LogP contribution in [0.4, 0.5) is 0 Å². The van der Waals surface area contributed by atoms with Crippen molar-refractivity contribution in [3.8, 4) is 0 Å². The van der Waals surface area contributed by atoms with E-state index in [0.29, 0.717) is 10.8 Å². The molecular weight excluding hydrogens is 402 g/mol. The number of aromatic nitrogens is 3. The molecule has 0 amide bonds. The molecule has 4 unspecified atom stereocenters. The average molecular weight is 424 g/mol. The highest BCUT2D eigenvalue weighted by Gasteiger charge is 2.56. The lowest BCUT2D eigenvalue weighted by Crippen LogP contribution is -2.37. The Bertz CT molecular complexity index is 962. The number of benzene rings is 1. The highest BCUT2D eigenvalue weighted by molar-refractivity contribution is 7.98. The molecule has 10 heteroatoms. The van der Waals surface area contributed by atoms with Crippen LogP contribution in [0, 0.1) is 4.64 Å². The van der Waals surface area contributed by atoms with Crippen molar-refractivity contribution in [1.29, 1.82) is 0 Å². The molecule has 3 heterocycles. The molecule has 8 nitrogen and oxygen atoms in total. The van der Waals surface area contributed by atoms with E-state index in [0.717, 1.165) is 5.56 Å². The SMILES string of the molecule is CC1(C)OC2C(CO)OC(n3nc(SCc4ccccc4)c(=S)[nH]c3=O)C2O1. The maximum Gasteiger partial charge on any atom is 0.345 e. The fourth-order valence-corrected chi connectivity index (χ4v) is 4.52. The molecule has 0 spiro atoms. The minimum absolute atomic E-state index is 0.246. The van der Waals surface area contributed by atoms with Crippen molar-refractivity contribution < 1.29 is 19.3 Å². The number of aliphatic hydroxyl groups excluding tert-OH is 1. The molecule has 150 valence electrons. The third-order valence-electron chi connectivity index (χ3n) is 4.59. The lowest BCUT2D eigenvalue weighted by Gasteiger charge is -2.23. The van der Waals surface area contributed by atoms with E-state index in [1.807, 2.05) is 30.3 Å². The van der Waals surface area contributed by atoms with E-state index in [1.54, 1.807) is 13.8 Å². The van der Waals surface area contributed by atoms with Gasteiger partial charge in [0.1, 0.15) is 23.0 Å². The number of nitrogens with zero attached hydrogens (tertiary/aromatic N) is 2. The minimum Gasteiger partial charge on any atom is -0.394 e. The molecule has 2 saturated heterocycles. The maximum atomic E-state index is 12.5. The molecule has 1 aromatic carbocycles. The smallest absolute Gasteiger partial charge is 0.345 e. The Morgan fingerprint density at radius 1 is 1.29 bits per heavy atom. The van der Waals surface area contributed by atoms with E-state index in [2.05, 4.69) is 10.1 Å². The molecule has 0 bridgehead atoms. The van der Waals surface area contributed by atoms with Gasteiger partial charge in [-0.1, -0.05) is 54.3 Å². The Labute approximate surface area is 170 Å². The highest BCUT2D eigenvalue weighted by Crippen LogP contribution is 2.42. The number of hydrogen-bond acceptors (Lipinski definition) is 8. The van der Waals surface area contributed by atoms with Gasteiger partial charge in [0.15, 0.2) is 17.0 Å². The van der Waals surface area contributed by atoms with E-state index in [-0.39, 0.29) is 11.2 Å². The number of aromatic amines is 1. The van der Waals surface area contributed by atoms with Crippen LogP contribution in [0.3, 0.4) is 0 Å². The molecule has 0 aliphatic carbocycles. The number of aliphatic hydroxyl groups is 1. The Morgan fingerprint density at radius 3 is 2.71 bits per heavy atom. The number of hydrogen-bond donors (Lipinski definition) is 2. The molecule has 0 radical (unpaired) electrons. The maximum absolute atomic E-state index is 12.5.